The molecule has 4 N–H and O–H groups in total. The Hall–Kier alpha value is -1.64. The summed E-state index contributed by atoms with van der Waals surface area (Å²) in [5, 5.41) is 3.85. The molecular formula is C25H34ClN3O4S. The zero-order valence-electron chi connectivity index (χ0n) is 19.6. The second-order valence-electron chi connectivity index (χ2n) is 11.1. The molecule has 6 rings (SSSR count). The van der Waals surface area contributed by atoms with Gasteiger partial charge in [0.2, 0.25) is 11.8 Å². The van der Waals surface area contributed by atoms with Crippen LogP contribution in [-0.4, -0.2) is 32.2 Å². The van der Waals surface area contributed by atoms with Crippen molar-refractivity contribution in [3.63, 3.8) is 0 Å². The lowest BCUT2D eigenvalue weighted by Gasteiger charge is -2.59. The van der Waals surface area contributed by atoms with E-state index in [9.17, 15) is 18.4 Å². The zero-order valence-corrected chi connectivity index (χ0v) is 21.2. The number of halogens is 1. The van der Waals surface area contributed by atoms with Crippen LogP contribution >= 0.6 is 11.6 Å². The standard InChI is InChI=1S/C25H34ClN3O4S/c1-15-19(26)6-5-7-20(15)29(34(32)33)25(8-3-2-4-9-25)23(31)28-21-17-10-16-11-18(21)14-24(12-16,13-17)22(27)30/h5-7,16-18,21H,2-4,8-14H2,1H3,(H2,27,30)(H,28,31)(H,32,33). The molecule has 0 spiro atoms. The first kappa shape index (κ1) is 24.1. The molecule has 7 nitrogen and oxygen atoms in total. The second kappa shape index (κ2) is 8.79. The molecule has 0 heterocycles. The summed E-state index contributed by atoms with van der Waals surface area (Å²) < 4.78 is 24.7. The van der Waals surface area contributed by atoms with Gasteiger partial charge in [0, 0.05) is 16.5 Å². The maximum Gasteiger partial charge on any atom is 0.262 e. The van der Waals surface area contributed by atoms with Gasteiger partial charge in [-0.25, -0.2) is 4.21 Å². The van der Waals surface area contributed by atoms with Crippen molar-refractivity contribution < 1.29 is 18.4 Å². The summed E-state index contributed by atoms with van der Waals surface area (Å²) in [4.78, 5) is 26.4. The molecule has 186 valence electrons. The van der Waals surface area contributed by atoms with Crippen molar-refractivity contribution in [1.29, 1.82) is 0 Å². The number of nitrogens with zero attached hydrogens (tertiary/aromatic N) is 1. The van der Waals surface area contributed by atoms with Crippen LogP contribution in [0, 0.1) is 30.1 Å². The average Bonchev–Trinajstić information content (AvgIpc) is 2.79. The lowest BCUT2D eigenvalue weighted by molar-refractivity contribution is -0.148. The largest absolute Gasteiger partial charge is 0.369 e. The highest BCUT2D eigenvalue weighted by Crippen LogP contribution is 2.60. The van der Waals surface area contributed by atoms with Crippen molar-refractivity contribution in [1.82, 2.24) is 5.32 Å². The maximum absolute atomic E-state index is 14.1. The minimum absolute atomic E-state index is 0.0234. The van der Waals surface area contributed by atoms with Gasteiger partial charge in [0.25, 0.3) is 11.3 Å². The number of carbonyl (C=O) groups excluding carboxylic acids is 2. The molecule has 0 aromatic heterocycles. The molecule has 2 amide bonds. The Morgan fingerprint density at radius 3 is 2.38 bits per heavy atom. The van der Waals surface area contributed by atoms with Crippen LogP contribution in [0.25, 0.3) is 0 Å². The third-order valence-corrected chi connectivity index (χ3v) is 10.5. The van der Waals surface area contributed by atoms with E-state index in [-0.39, 0.29) is 29.7 Å². The summed E-state index contributed by atoms with van der Waals surface area (Å²) in [5.41, 5.74) is 5.49. The third kappa shape index (κ3) is 3.77. The molecule has 0 aliphatic heterocycles. The molecule has 1 aromatic rings. The number of hydrogen-bond donors (Lipinski definition) is 3. The van der Waals surface area contributed by atoms with E-state index >= 15 is 0 Å². The number of anilines is 1. The molecule has 5 aliphatic carbocycles. The van der Waals surface area contributed by atoms with Crippen LogP contribution in [0.3, 0.4) is 0 Å². The van der Waals surface area contributed by atoms with Crippen molar-refractivity contribution in [3.8, 4) is 0 Å². The van der Waals surface area contributed by atoms with E-state index in [2.05, 4.69) is 5.32 Å². The van der Waals surface area contributed by atoms with Crippen LogP contribution in [0.4, 0.5) is 5.69 Å². The van der Waals surface area contributed by atoms with Gasteiger partial charge in [-0.15, -0.1) is 0 Å². The molecule has 4 bridgehead atoms. The van der Waals surface area contributed by atoms with Crippen LogP contribution in [0.2, 0.25) is 5.02 Å². The van der Waals surface area contributed by atoms with E-state index in [1.807, 2.05) is 6.92 Å². The van der Waals surface area contributed by atoms with Crippen molar-refractivity contribution in [3.05, 3.63) is 28.8 Å². The number of primary amides is 1. The number of amides is 2. The lowest BCUT2D eigenvalue weighted by Crippen LogP contribution is -2.67. The van der Waals surface area contributed by atoms with Gasteiger partial charge >= 0.3 is 0 Å². The first-order chi connectivity index (χ1) is 16.2. The van der Waals surface area contributed by atoms with Crippen molar-refractivity contribution >= 4 is 40.4 Å². The van der Waals surface area contributed by atoms with Crippen molar-refractivity contribution in [2.75, 3.05) is 4.31 Å². The number of carbonyl (C=O) groups is 2. The summed E-state index contributed by atoms with van der Waals surface area (Å²) in [6, 6.07) is 5.23. The van der Waals surface area contributed by atoms with Gasteiger partial charge in [0.1, 0.15) is 5.54 Å². The van der Waals surface area contributed by atoms with Gasteiger partial charge < -0.3 is 11.1 Å². The summed E-state index contributed by atoms with van der Waals surface area (Å²) in [6.45, 7) is 1.81. The molecule has 5 saturated carbocycles. The molecule has 34 heavy (non-hydrogen) atoms. The third-order valence-electron chi connectivity index (χ3n) is 9.20. The molecular weight excluding hydrogens is 474 g/mol. The van der Waals surface area contributed by atoms with Gasteiger partial charge in [-0.05, 0) is 87.3 Å². The summed E-state index contributed by atoms with van der Waals surface area (Å²) in [5.74, 6) is 0.573. The highest BCUT2D eigenvalue weighted by molar-refractivity contribution is 7.80. The van der Waals surface area contributed by atoms with Crippen LogP contribution in [-0.2, 0) is 20.9 Å². The Labute approximate surface area is 208 Å². The monoisotopic (exact) mass is 507 g/mol. The van der Waals surface area contributed by atoms with Crippen LogP contribution < -0.4 is 15.4 Å². The minimum Gasteiger partial charge on any atom is -0.369 e. The Morgan fingerprint density at radius 2 is 1.79 bits per heavy atom. The summed E-state index contributed by atoms with van der Waals surface area (Å²) in [7, 11) is 0. The highest BCUT2D eigenvalue weighted by atomic mass is 35.5. The number of nitrogens with two attached hydrogens (primary N) is 1. The summed E-state index contributed by atoms with van der Waals surface area (Å²) in [6.07, 6.45) is 7.99. The molecule has 9 heteroatoms. The molecule has 5 aliphatic rings. The summed E-state index contributed by atoms with van der Waals surface area (Å²) >= 11 is 3.96. The van der Waals surface area contributed by atoms with E-state index in [0.29, 0.717) is 35.0 Å². The van der Waals surface area contributed by atoms with Gasteiger partial charge in [-0.3, -0.25) is 18.4 Å². The normalized spacial score (nSPS) is 34.4. The fourth-order valence-corrected chi connectivity index (χ4v) is 8.89. The Morgan fingerprint density at radius 1 is 1.15 bits per heavy atom. The molecule has 5 fully saturated rings. The van der Waals surface area contributed by atoms with Crippen LogP contribution in [0.5, 0.6) is 0 Å². The lowest BCUT2D eigenvalue weighted by atomic mass is 9.47. The first-order valence-corrected chi connectivity index (χ1v) is 13.9. The topological polar surface area (TPSA) is 113 Å². The van der Waals surface area contributed by atoms with Crippen LogP contribution in [0.1, 0.15) is 69.8 Å². The van der Waals surface area contributed by atoms with E-state index in [4.69, 9.17) is 17.3 Å². The Balaban J connectivity index is 1.47. The first-order valence-electron chi connectivity index (χ1n) is 12.4. The quantitative estimate of drug-likeness (QED) is 0.503. The van der Waals surface area contributed by atoms with Crippen molar-refractivity contribution in [2.24, 2.45) is 28.9 Å². The highest BCUT2D eigenvalue weighted by Gasteiger charge is 2.59. The maximum atomic E-state index is 14.1. The average molecular weight is 508 g/mol. The Bertz CT molecular complexity index is 1010. The number of benzene rings is 1. The number of nitrogens with one attached hydrogen (secondary N) is 1. The minimum atomic E-state index is -2.40. The van der Waals surface area contributed by atoms with E-state index in [1.165, 1.54) is 4.31 Å². The van der Waals surface area contributed by atoms with Gasteiger partial charge in [0.05, 0.1) is 5.69 Å². The fourth-order valence-electron chi connectivity index (χ4n) is 7.79. The predicted octanol–water partition coefficient (Wildman–Crippen LogP) is 4.09. The van der Waals surface area contributed by atoms with Gasteiger partial charge in [-0.2, -0.15) is 0 Å². The molecule has 3 unspecified atom stereocenters. The fraction of sp³-hybridized carbons (Fsp3) is 0.680. The Kier molecular flexibility index (Phi) is 6.22. The van der Waals surface area contributed by atoms with Gasteiger partial charge in [-0.1, -0.05) is 36.9 Å². The van der Waals surface area contributed by atoms with Gasteiger partial charge in [0.15, 0.2) is 0 Å². The van der Waals surface area contributed by atoms with E-state index in [1.54, 1.807) is 18.2 Å². The SMILES string of the molecule is Cc1c(Cl)cccc1N(S(=O)O)C1(C(=O)NC2C3CC4CC2CC(C(N)=O)(C4)C3)CCCCC1. The van der Waals surface area contributed by atoms with Crippen molar-refractivity contribution in [2.45, 2.75) is 82.7 Å². The molecule has 0 radical (unpaired) electrons. The van der Waals surface area contributed by atoms with E-state index in [0.717, 1.165) is 51.4 Å². The predicted molar refractivity (Wildman–Crippen MR) is 132 cm³/mol. The second-order valence-corrected chi connectivity index (χ2v) is 12.3. The van der Waals surface area contributed by atoms with Crippen LogP contribution in [0.15, 0.2) is 18.2 Å². The number of rotatable bonds is 6. The number of hydrogen-bond acceptors (Lipinski definition) is 3. The molecule has 1 aromatic carbocycles. The zero-order chi connectivity index (χ0) is 24.3. The molecule has 0 saturated heterocycles. The molecule has 3 atom stereocenters. The smallest absolute Gasteiger partial charge is 0.262 e. The van der Waals surface area contributed by atoms with E-state index < -0.39 is 22.2 Å².